The molecule has 1 N–H and O–H groups in total. The highest BCUT2D eigenvalue weighted by Gasteiger charge is 2.47. The Balaban J connectivity index is 2.11. The number of carboxylic acids is 1. The number of nitrogens with zero attached hydrogens (tertiary/aromatic N) is 4. The van der Waals surface area contributed by atoms with E-state index in [1.54, 1.807) is 17.0 Å². The fourth-order valence-electron chi connectivity index (χ4n) is 2.35. The van der Waals surface area contributed by atoms with Gasteiger partial charge in [0.1, 0.15) is 11.9 Å². The van der Waals surface area contributed by atoms with E-state index >= 15 is 0 Å². The lowest BCUT2D eigenvalue weighted by Gasteiger charge is -2.39. The molecule has 1 fully saturated rings. The molecular formula is C12H11BrN4O2. The van der Waals surface area contributed by atoms with E-state index in [0.29, 0.717) is 18.7 Å². The number of aliphatic carboxylic acids is 1. The fourth-order valence-corrected chi connectivity index (χ4v) is 2.71. The highest BCUT2D eigenvalue weighted by Crippen LogP contribution is 2.41. The molecule has 0 aromatic carbocycles. The molecule has 7 heteroatoms. The Bertz CT molecular complexity index is 636. The van der Waals surface area contributed by atoms with Crippen molar-refractivity contribution < 1.29 is 9.90 Å². The van der Waals surface area contributed by atoms with Crippen LogP contribution in [0.2, 0.25) is 0 Å². The Labute approximate surface area is 117 Å². The van der Waals surface area contributed by atoms with Crippen LogP contribution in [0.1, 0.15) is 19.3 Å². The molecule has 0 unspecified atom stereocenters. The number of rotatable bonds is 3. The molecule has 0 radical (unpaired) electrons. The molecule has 2 heterocycles. The third-order valence-electron chi connectivity index (χ3n) is 3.55. The minimum Gasteiger partial charge on any atom is -0.479 e. The van der Waals surface area contributed by atoms with Gasteiger partial charge in [-0.25, -0.2) is 4.79 Å². The molecule has 1 saturated carbocycles. The standard InChI is InChI=1S/C12H11BrN4O2/c13-9-4-8(5-14-6-9)10-16-15-7-17(10)12(11(18)19)2-1-3-12/h4-7H,1-3H2,(H,18,19). The summed E-state index contributed by atoms with van der Waals surface area (Å²) < 4.78 is 2.47. The largest absolute Gasteiger partial charge is 0.479 e. The number of hydrogen-bond donors (Lipinski definition) is 1. The zero-order chi connectivity index (χ0) is 13.5. The smallest absolute Gasteiger partial charge is 0.329 e. The third-order valence-corrected chi connectivity index (χ3v) is 3.98. The zero-order valence-corrected chi connectivity index (χ0v) is 11.5. The number of halogens is 1. The van der Waals surface area contributed by atoms with Crippen molar-refractivity contribution in [3.8, 4) is 11.4 Å². The van der Waals surface area contributed by atoms with E-state index in [1.807, 2.05) is 6.07 Å². The second-order valence-electron chi connectivity index (χ2n) is 4.61. The van der Waals surface area contributed by atoms with Crippen LogP contribution in [0.4, 0.5) is 0 Å². The van der Waals surface area contributed by atoms with Gasteiger partial charge >= 0.3 is 5.97 Å². The quantitative estimate of drug-likeness (QED) is 0.935. The number of hydrogen-bond acceptors (Lipinski definition) is 4. The van der Waals surface area contributed by atoms with Gasteiger partial charge in [0.2, 0.25) is 0 Å². The molecule has 1 aliphatic carbocycles. The first-order chi connectivity index (χ1) is 9.13. The molecule has 98 valence electrons. The summed E-state index contributed by atoms with van der Waals surface area (Å²) in [6.45, 7) is 0. The molecule has 0 saturated heterocycles. The first-order valence-electron chi connectivity index (χ1n) is 5.88. The lowest BCUT2D eigenvalue weighted by molar-refractivity contribution is -0.152. The average molecular weight is 323 g/mol. The van der Waals surface area contributed by atoms with Gasteiger partial charge in [-0.05, 0) is 41.3 Å². The summed E-state index contributed by atoms with van der Waals surface area (Å²) in [6.07, 6.45) is 6.92. The number of carboxylic acid groups (broad SMARTS) is 1. The molecular weight excluding hydrogens is 312 g/mol. The third kappa shape index (κ3) is 1.85. The Morgan fingerprint density at radius 2 is 2.21 bits per heavy atom. The minimum atomic E-state index is -0.902. The van der Waals surface area contributed by atoms with E-state index in [4.69, 9.17) is 0 Å². The van der Waals surface area contributed by atoms with E-state index < -0.39 is 11.5 Å². The van der Waals surface area contributed by atoms with Crippen molar-refractivity contribution in [3.63, 3.8) is 0 Å². The molecule has 1 aliphatic rings. The van der Waals surface area contributed by atoms with Crippen LogP contribution in [0.15, 0.2) is 29.3 Å². The second kappa shape index (κ2) is 4.41. The molecule has 2 aromatic heterocycles. The lowest BCUT2D eigenvalue weighted by atomic mass is 9.76. The van der Waals surface area contributed by atoms with Crippen molar-refractivity contribution in [3.05, 3.63) is 29.3 Å². The van der Waals surface area contributed by atoms with Crippen LogP contribution >= 0.6 is 15.9 Å². The topological polar surface area (TPSA) is 80.9 Å². The van der Waals surface area contributed by atoms with Gasteiger partial charge in [0, 0.05) is 22.4 Å². The van der Waals surface area contributed by atoms with Crippen molar-refractivity contribution in [2.45, 2.75) is 24.8 Å². The Hall–Kier alpha value is -1.76. The van der Waals surface area contributed by atoms with Crippen LogP contribution in [0.3, 0.4) is 0 Å². The molecule has 3 rings (SSSR count). The molecule has 0 bridgehead atoms. The predicted octanol–water partition coefficient (Wildman–Crippen LogP) is 2.07. The molecule has 0 aliphatic heterocycles. The number of aromatic nitrogens is 4. The van der Waals surface area contributed by atoms with E-state index in [-0.39, 0.29) is 0 Å². The zero-order valence-electron chi connectivity index (χ0n) is 9.95. The molecule has 0 spiro atoms. The summed E-state index contributed by atoms with van der Waals surface area (Å²) in [7, 11) is 0. The fraction of sp³-hybridized carbons (Fsp3) is 0.333. The minimum absolute atomic E-state index is 0.538. The van der Waals surface area contributed by atoms with Gasteiger partial charge in [-0.3, -0.25) is 9.55 Å². The monoisotopic (exact) mass is 322 g/mol. The Morgan fingerprint density at radius 1 is 1.42 bits per heavy atom. The summed E-state index contributed by atoms with van der Waals surface area (Å²) in [6, 6.07) is 1.85. The number of carbonyl (C=O) groups is 1. The molecule has 19 heavy (non-hydrogen) atoms. The number of pyridine rings is 1. The van der Waals surface area contributed by atoms with Gasteiger partial charge in [-0.1, -0.05) is 0 Å². The first kappa shape index (κ1) is 12.3. The lowest BCUT2D eigenvalue weighted by Crippen LogP contribution is -2.47. The van der Waals surface area contributed by atoms with Crippen molar-refractivity contribution in [1.29, 1.82) is 0 Å². The average Bonchev–Trinajstić information content (AvgIpc) is 2.76. The molecule has 2 aromatic rings. The van der Waals surface area contributed by atoms with Crippen molar-refractivity contribution in [1.82, 2.24) is 19.7 Å². The van der Waals surface area contributed by atoms with Gasteiger partial charge in [0.25, 0.3) is 0 Å². The van der Waals surface area contributed by atoms with Crippen LogP contribution in [-0.2, 0) is 10.3 Å². The maximum atomic E-state index is 11.6. The predicted molar refractivity (Wildman–Crippen MR) is 70.4 cm³/mol. The Morgan fingerprint density at radius 3 is 2.79 bits per heavy atom. The van der Waals surface area contributed by atoms with E-state index in [9.17, 15) is 9.90 Å². The summed E-state index contributed by atoms with van der Waals surface area (Å²) in [5.41, 5.74) is -0.152. The summed E-state index contributed by atoms with van der Waals surface area (Å²) in [4.78, 5) is 15.6. The first-order valence-corrected chi connectivity index (χ1v) is 6.68. The van der Waals surface area contributed by atoms with Crippen LogP contribution in [0.25, 0.3) is 11.4 Å². The van der Waals surface area contributed by atoms with Gasteiger partial charge < -0.3 is 5.11 Å². The maximum Gasteiger partial charge on any atom is 0.329 e. The summed E-state index contributed by atoms with van der Waals surface area (Å²) >= 11 is 3.35. The van der Waals surface area contributed by atoms with E-state index in [2.05, 4.69) is 31.1 Å². The van der Waals surface area contributed by atoms with E-state index in [0.717, 1.165) is 16.5 Å². The van der Waals surface area contributed by atoms with Crippen LogP contribution in [-0.4, -0.2) is 30.8 Å². The van der Waals surface area contributed by atoms with E-state index in [1.165, 1.54) is 6.33 Å². The van der Waals surface area contributed by atoms with Crippen LogP contribution in [0.5, 0.6) is 0 Å². The van der Waals surface area contributed by atoms with Gasteiger partial charge in [0.15, 0.2) is 5.82 Å². The van der Waals surface area contributed by atoms with Gasteiger partial charge in [0.05, 0.1) is 0 Å². The summed E-state index contributed by atoms with van der Waals surface area (Å²) in [5.74, 6) is -0.293. The normalized spacial score (nSPS) is 16.9. The van der Waals surface area contributed by atoms with Crippen molar-refractivity contribution in [2.24, 2.45) is 0 Å². The highest BCUT2D eigenvalue weighted by molar-refractivity contribution is 9.10. The van der Waals surface area contributed by atoms with Crippen LogP contribution < -0.4 is 0 Å². The second-order valence-corrected chi connectivity index (χ2v) is 5.52. The Kier molecular flexibility index (Phi) is 2.85. The maximum absolute atomic E-state index is 11.6. The van der Waals surface area contributed by atoms with Crippen molar-refractivity contribution >= 4 is 21.9 Å². The molecule has 0 atom stereocenters. The van der Waals surface area contributed by atoms with Crippen molar-refractivity contribution in [2.75, 3.05) is 0 Å². The highest BCUT2D eigenvalue weighted by atomic mass is 79.9. The SMILES string of the molecule is O=C(O)C1(n2cnnc2-c2cncc(Br)c2)CCC1. The van der Waals surface area contributed by atoms with Gasteiger partial charge in [-0.15, -0.1) is 10.2 Å². The summed E-state index contributed by atoms with van der Waals surface area (Å²) in [5, 5.41) is 17.4. The molecule has 6 nitrogen and oxygen atoms in total. The van der Waals surface area contributed by atoms with Crippen LogP contribution in [0, 0.1) is 0 Å². The van der Waals surface area contributed by atoms with Gasteiger partial charge in [-0.2, -0.15) is 0 Å². The molecule has 0 amide bonds.